The molecular weight excluding hydrogens is 370 g/mol. The Morgan fingerprint density at radius 3 is 2.56 bits per heavy atom. The maximum atomic E-state index is 12.3. The second kappa shape index (κ2) is 7.61. The molecule has 0 fully saturated rings. The number of hydrogen-bond donors (Lipinski definition) is 0. The van der Waals surface area contributed by atoms with Crippen molar-refractivity contribution in [1.82, 2.24) is 19.5 Å². The molecule has 1 heterocycles. The minimum absolute atomic E-state index is 0.126. The molecule has 3 aromatic rings. The van der Waals surface area contributed by atoms with Gasteiger partial charge in [-0.25, -0.2) is 12.7 Å². The monoisotopic (exact) mass is 387 g/mol. The van der Waals surface area contributed by atoms with Gasteiger partial charge in [0.25, 0.3) is 0 Å². The zero-order chi connectivity index (χ0) is 19.4. The number of aromatic nitrogens is 3. The summed E-state index contributed by atoms with van der Waals surface area (Å²) in [5.74, 6) is 0.611. The van der Waals surface area contributed by atoms with Gasteiger partial charge in [-0.2, -0.15) is 5.26 Å². The van der Waals surface area contributed by atoms with Gasteiger partial charge in [0.2, 0.25) is 10.0 Å². The Hall–Kier alpha value is -3.16. The van der Waals surface area contributed by atoms with Gasteiger partial charge in [0.05, 0.1) is 16.5 Å². The summed E-state index contributed by atoms with van der Waals surface area (Å²) in [7, 11) is -0.640. The molecule has 10 heteroatoms. The molecule has 0 aliphatic rings. The van der Waals surface area contributed by atoms with Gasteiger partial charge in [-0.15, -0.1) is 5.10 Å². The highest BCUT2D eigenvalue weighted by atomic mass is 32.2. The highest BCUT2D eigenvalue weighted by Crippen LogP contribution is 2.19. The standard InChI is InChI=1S/C17H17N5O4S/c1-21(2)27(23,24)15-7-8-16-17(11-15)22(20-19-16)26-10-9-25-14-5-3-13(12-18)4-6-14/h3-8,11H,9-10H2,1-2H3. The van der Waals surface area contributed by atoms with Crippen LogP contribution in [-0.2, 0) is 10.0 Å². The molecule has 0 bridgehead atoms. The molecule has 0 saturated heterocycles. The summed E-state index contributed by atoms with van der Waals surface area (Å²) in [5, 5.41) is 16.6. The molecule has 0 N–H and O–H groups in total. The summed E-state index contributed by atoms with van der Waals surface area (Å²) in [6, 6.07) is 13.3. The third-order valence-electron chi connectivity index (χ3n) is 3.71. The summed E-state index contributed by atoms with van der Waals surface area (Å²) in [6.07, 6.45) is 0. The topological polar surface area (TPSA) is 110 Å². The van der Waals surface area contributed by atoms with Crippen LogP contribution >= 0.6 is 0 Å². The zero-order valence-electron chi connectivity index (χ0n) is 14.7. The molecule has 0 saturated carbocycles. The quantitative estimate of drug-likeness (QED) is 0.557. The van der Waals surface area contributed by atoms with Crippen LogP contribution in [0.5, 0.6) is 5.75 Å². The van der Waals surface area contributed by atoms with Crippen LogP contribution in [0.2, 0.25) is 0 Å². The molecule has 0 aliphatic carbocycles. The Morgan fingerprint density at radius 1 is 1.15 bits per heavy atom. The lowest BCUT2D eigenvalue weighted by Crippen LogP contribution is -2.22. The maximum absolute atomic E-state index is 12.3. The van der Waals surface area contributed by atoms with Crippen molar-refractivity contribution in [3.8, 4) is 11.8 Å². The number of sulfonamides is 1. The largest absolute Gasteiger partial charge is 0.490 e. The third kappa shape index (κ3) is 3.99. The van der Waals surface area contributed by atoms with E-state index in [1.807, 2.05) is 6.07 Å². The van der Waals surface area contributed by atoms with Crippen LogP contribution < -0.4 is 9.57 Å². The van der Waals surface area contributed by atoms with Crippen molar-refractivity contribution in [2.24, 2.45) is 0 Å². The van der Waals surface area contributed by atoms with E-state index >= 15 is 0 Å². The maximum Gasteiger partial charge on any atom is 0.242 e. The van der Waals surface area contributed by atoms with E-state index in [0.29, 0.717) is 22.3 Å². The molecular formula is C17H17N5O4S. The van der Waals surface area contributed by atoms with Crippen LogP contribution in [0.25, 0.3) is 11.0 Å². The molecule has 0 amide bonds. The van der Waals surface area contributed by atoms with Gasteiger partial charge in [-0.05, 0) is 47.7 Å². The molecule has 2 aromatic carbocycles. The number of hydrogen-bond acceptors (Lipinski definition) is 7. The van der Waals surface area contributed by atoms with Gasteiger partial charge in [0, 0.05) is 14.1 Å². The lowest BCUT2D eigenvalue weighted by atomic mass is 10.2. The SMILES string of the molecule is CN(C)S(=O)(=O)c1ccc2nnn(OCCOc3ccc(C#N)cc3)c2c1. The Morgan fingerprint density at radius 2 is 1.89 bits per heavy atom. The first-order chi connectivity index (χ1) is 12.9. The minimum Gasteiger partial charge on any atom is -0.490 e. The van der Waals surface area contributed by atoms with Gasteiger partial charge in [-0.3, -0.25) is 0 Å². The molecule has 0 radical (unpaired) electrons. The van der Waals surface area contributed by atoms with Crippen molar-refractivity contribution in [3.63, 3.8) is 0 Å². The van der Waals surface area contributed by atoms with Crippen LogP contribution in [0, 0.1) is 11.3 Å². The molecule has 9 nitrogen and oxygen atoms in total. The summed E-state index contributed by atoms with van der Waals surface area (Å²) >= 11 is 0. The predicted molar refractivity (Wildman–Crippen MR) is 96.5 cm³/mol. The van der Waals surface area contributed by atoms with E-state index in [1.165, 1.54) is 31.1 Å². The number of benzene rings is 2. The minimum atomic E-state index is -3.57. The van der Waals surface area contributed by atoms with Crippen LogP contribution in [0.4, 0.5) is 0 Å². The first kappa shape index (κ1) is 18.6. The highest BCUT2D eigenvalue weighted by Gasteiger charge is 2.19. The first-order valence-electron chi connectivity index (χ1n) is 7.96. The van der Waals surface area contributed by atoms with Crippen LogP contribution in [0.15, 0.2) is 47.4 Å². The Kier molecular flexibility index (Phi) is 5.25. The Bertz CT molecular complexity index is 1080. The van der Waals surface area contributed by atoms with Crippen molar-refractivity contribution in [2.75, 3.05) is 27.3 Å². The smallest absolute Gasteiger partial charge is 0.242 e. The summed E-state index contributed by atoms with van der Waals surface area (Å²) in [5.41, 5.74) is 1.51. The second-order valence-corrected chi connectivity index (χ2v) is 7.87. The summed E-state index contributed by atoms with van der Waals surface area (Å²) in [6.45, 7) is 0.409. The van der Waals surface area contributed by atoms with Crippen molar-refractivity contribution < 1.29 is 18.0 Å². The molecule has 3 rings (SSSR count). The van der Waals surface area contributed by atoms with Gasteiger partial charge < -0.3 is 9.57 Å². The number of nitrogens with zero attached hydrogens (tertiary/aromatic N) is 5. The zero-order valence-corrected chi connectivity index (χ0v) is 15.5. The predicted octanol–water partition coefficient (Wildman–Crippen LogP) is 1.06. The fraction of sp³-hybridized carbons (Fsp3) is 0.235. The molecule has 27 heavy (non-hydrogen) atoms. The van der Waals surface area contributed by atoms with E-state index in [-0.39, 0.29) is 18.1 Å². The van der Waals surface area contributed by atoms with Gasteiger partial charge >= 0.3 is 0 Å². The molecule has 1 aromatic heterocycles. The van der Waals surface area contributed by atoms with E-state index in [4.69, 9.17) is 14.8 Å². The van der Waals surface area contributed by atoms with E-state index in [9.17, 15) is 8.42 Å². The average molecular weight is 387 g/mol. The summed E-state index contributed by atoms with van der Waals surface area (Å²) < 4.78 is 31.2. The van der Waals surface area contributed by atoms with Crippen LogP contribution in [-0.4, -0.2) is 55.2 Å². The van der Waals surface area contributed by atoms with E-state index < -0.39 is 10.0 Å². The second-order valence-electron chi connectivity index (χ2n) is 5.72. The Balaban J connectivity index is 1.67. The lowest BCUT2D eigenvalue weighted by Gasteiger charge is -2.11. The number of nitriles is 1. The van der Waals surface area contributed by atoms with Crippen LogP contribution in [0.1, 0.15) is 5.56 Å². The number of fused-ring (bicyclic) bond motifs is 1. The average Bonchev–Trinajstić information content (AvgIpc) is 3.08. The fourth-order valence-electron chi connectivity index (χ4n) is 2.25. The molecule has 0 aliphatic heterocycles. The van der Waals surface area contributed by atoms with E-state index in [2.05, 4.69) is 10.3 Å². The molecule has 0 atom stereocenters. The normalized spacial score (nSPS) is 11.5. The lowest BCUT2D eigenvalue weighted by molar-refractivity contribution is 0.0639. The number of rotatable bonds is 7. The van der Waals surface area contributed by atoms with Gasteiger partial charge in [-0.1, -0.05) is 4.85 Å². The van der Waals surface area contributed by atoms with E-state index in [0.717, 1.165) is 4.31 Å². The first-order valence-corrected chi connectivity index (χ1v) is 9.40. The third-order valence-corrected chi connectivity index (χ3v) is 5.53. The van der Waals surface area contributed by atoms with Gasteiger partial charge in [0.15, 0.2) is 6.61 Å². The summed E-state index contributed by atoms with van der Waals surface area (Å²) in [4.78, 5) is 6.81. The van der Waals surface area contributed by atoms with Crippen molar-refractivity contribution in [2.45, 2.75) is 4.90 Å². The molecule has 0 unspecified atom stereocenters. The Labute approximate surface area is 156 Å². The molecule has 0 spiro atoms. The number of ether oxygens (including phenoxy) is 1. The highest BCUT2D eigenvalue weighted by molar-refractivity contribution is 7.89. The van der Waals surface area contributed by atoms with Crippen molar-refractivity contribution in [3.05, 3.63) is 48.0 Å². The van der Waals surface area contributed by atoms with Gasteiger partial charge in [0.1, 0.15) is 23.4 Å². The van der Waals surface area contributed by atoms with Crippen molar-refractivity contribution in [1.29, 1.82) is 5.26 Å². The fourth-order valence-corrected chi connectivity index (χ4v) is 3.18. The van der Waals surface area contributed by atoms with Crippen molar-refractivity contribution >= 4 is 21.1 Å². The molecule has 140 valence electrons. The van der Waals surface area contributed by atoms with E-state index in [1.54, 1.807) is 30.3 Å². The van der Waals surface area contributed by atoms with Crippen LogP contribution in [0.3, 0.4) is 0 Å².